The summed E-state index contributed by atoms with van der Waals surface area (Å²) in [5.74, 6) is 0.665. The quantitative estimate of drug-likeness (QED) is 0.632. The highest BCUT2D eigenvalue weighted by atomic mass is 16.5. The number of hydrogen-bond acceptors (Lipinski definition) is 5. The van der Waals surface area contributed by atoms with Crippen LogP contribution in [0.1, 0.15) is 5.69 Å². The molecule has 0 N–H and O–H groups in total. The summed E-state index contributed by atoms with van der Waals surface area (Å²) in [4.78, 5) is 10.1. The maximum Gasteiger partial charge on any atom is 0.183 e. The molecule has 5 heteroatoms. The second-order valence-electron chi connectivity index (χ2n) is 2.94. The molecule has 1 aromatic heterocycles. The zero-order valence-corrected chi connectivity index (χ0v) is 7.68. The Hall–Kier alpha value is -1.67. The third kappa shape index (κ3) is 1.65. The molecule has 14 heavy (non-hydrogen) atoms. The van der Waals surface area contributed by atoms with Gasteiger partial charge in [0, 0.05) is 25.5 Å². The van der Waals surface area contributed by atoms with E-state index in [0.29, 0.717) is 24.7 Å². The van der Waals surface area contributed by atoms with Gasteiger partial charge in [0.1, 0.15) is 6.07 Å². The molecule has 2 heterocycles. The van der Waals surface area contributed by atoms with Crippen molar-refractivity contribution >= 4 is 5.82 Å². The Kier molecular flexibility index (Phi) is 2.56. The van der Waals surface area contributed by atoms with E-state index in [4.69, 9.17) is 10.00 Å². The summed E-state index contributed by atoms with van der Waals surface area (Å²) in [6.45, 7) is 2.91. The SMILES string of the molecule is N#Cc1nccnc1N1CCOCC1. The summed E-state index contributed by atoms with van der Waals surface area (Å²) in [5, 5.41) is 8.84. The molecule has 0 spiro atoms. The molecule has 1 saturated heterocycles. The van der Waals surface area contributed by atoms with Crippen molar-refractivity contribution < 1.29 is 4.74 Å². The largest absolute Gasteiger partial charge is 0.378 e. The van der Waals surface area contributed by atoms with Crippen molar-refractivity contribution in [2.45, 2.75) is 0 Å². The lowest BCUT2D eigenvalue weighted by molar-refractivity contribution is 0.122. The van der Waals surface area contributed by atoms with E-state index in [1.54, 1.807) is 6.20 Å². The van der Waals surface area contributed by atoms with Gasteiger partial charge in [-0.3, -0.25) is 0 Å². The van der Waals surface area contributed by atoms with Crippen molar-refractivity contribution in [3.05, 3.63) is 18.1 Å². The van der Waals surface area contributed by atoms with Crippen molar-refractivity contribution in [3.63, 3.8) is 0 Å². The van der Waals surface area contributed by atoms with Gasteiger partial charge in [0.15, 0.2) is 11.5 Å². The molecule has 0 aliphatic carbocycles. The number of hydrogen-bond donors (Lipinski definition) is 0. The van der Waals surface area contributed by atoms with Crippen LogP contribution in [0.4, 0.5) is 5.82 Å². The number of rotatable bonds is 1. The van der Waals surface area contributed by atoms with Crippen LogP contribution in [0.15, 0.2) is 12.4 Å². The van der Waals surface area contributed by atoms with Crippen molar-refractivity contribution in [1.29, 1.82) is 5.26 Å². The van der Waals surface area contributed by atoms with Gasteiger partial charge in [-0.2, -0.15) is 5.26 Å². The maximum absolute atomic E-state index is 8.84. The molecular weight excluding hydrogens is 180 g/mol. The number of aromatic nitrogens is 2. The summed E-state index contributed by atoms with van der Waals surface area (Å²) in [7, 11) is 0. The molecule has 1 aliphatic rings. The first-order valence-electron chi connectivity index (χ1n) is 4.45. The molecule has 0 unspecified atom stereocenters. The number of morpholine rings is 1. The molecule has 0 atom stereocenters. The first-order valence-corrected chi connectivity index (χ1v) is 4.45. The third-order valence-electron chi connectivity index (χ3n) is 2.10. The Morgan fingerprint density at radius 3 is 2.71 bits per heavy atom. The fourth-order valence-electron chi connectivity index (χ4n) is 1.42. The Bertz CT molecular complexity index is 354. The Morgan fingerprint density at radius 1 is 1.29 bits per heavy atom. The van der Waals surface area contributed by atoms with Gasteiger partial charge in [-0.25, -0.2) is 9.97 Å². The van der Waals surface area contributed by atoms with E-state index in [1.165, 1.54) is 6.20 Å². The average Bonchev–Trinajstić information content (AvgIpc) is 2.30. The van der Waals surface area contributed by atoms with Crippen LogP contribution < -0.4 is 4.90 Å². The van der Waals surface area contributed by atoms with Crippen LogP contribution >= 0.6 is 0 Å². The maximum atomic E-state index is 8.84. The first-order chi connectivity index (χ1) is 6.92. The molecule has 1 fully saturated rings. The van der Waals surface area contributed by atoms with Crippen LogP contribution in [0, 0.1) is 11.3 Å². The van der Waals surface area contributed by atoms with Gasteiger partial charge < -0.3 is 9.64 Å². The molecule has 72 valence electrons. The van der Waals surface area contributed by atoms with Gasteiger partial charge in [-0.05, 0) is 0 Å². The number of anilines is 1. The summed E-state index contributed by atoms with van der Waals surface area (Å²) in [5.41, 5.74) is 0.384. The van der Waals surface area contributed by atoms with E-state index >= 15 is 0 Å². The number of nitriles is 1. The fourth-order valence-corrected chi connectivity index (χ4v) is 1.42. The topological polar surface area (TPSA) is 62.0 Å². The van der Waals surface area contributed by atoms with E-state index in [-0.39, 0.29) is 0 Å². The highest BCUT2D eigenvalue weighted by Gasteiger charge is 2.16. The number of ether oxygens (including phenoxy) is 1. The van der Waals surface area contributed by atoms with Gasteiger partial charge in [0.2, 0.25) is 0 Å². The van der Waals surface area contributed by atoms with Crippen LogP contribution in [-0.4, -0.2) is 36.3 Å². The average molecular weight is 190 g/mol. The van der Waals surface area contributed by atoms with Crippen LogP contribution in [0.3, 0.4) is 0 Å². The Balaban J connectivity index is 2.26. The smallest absolute Gasteiger partial charge is 0.183 e. The van der Waals surface area contributed by atoms with Crippen molar-refractivity contribution in [2.24, 2.45) is 0 Å². The lowest BCUT2D eigenvalue weighted by Crippen LogP contribution is -2.37. The van der Waals surface area contributed by atoms with E-state index in [1.807, 2.05) is 11.0 Å². The fraction of sp³-hybridized carbons (Fsp3) is 0.444. The highest BCUT2D eigenvalue weighted by molar-refractivity contribution is 5.49. The molecular formula is C9H10N4O. The second kappa shape index (κ2) is 4.03. The molecule has 1 aromatic rings. The first kappa shape index (κ1) is 8.91. The Morgan fingerprint density at radius 2 is 2.00 bits per heavy atom. The normalized spacial score (nSPS) is 16.4. The van der Waals surface area contributed by atoms with Crippen LogP contribution in [0.25, 0.3) is 0 Å². The van der Waals surface area contributed by atoms with E-state index < -0.39 is 0 Å². The van der Waals surface area contributed by atoms with Crippen LogP contribution in [0.2, 0.25) is 0 Å². The zero-order chi connectivity index (χ0) is 9.80. The van der Waals surface area contributed by atoms with E-state index in [0.717, 1.165) is 13.1 Å². The van der Waals surface area contributed by atoms with Gasteiger partial charge >= 0.3 is 0 Å². The highest BCUT2D eigenvalue weighted by Crippen LogP contribution is 2.14. The van der Waals surface area contributed by atoms with Crippen molar-refractivity contribution in [2.75, 3.05) is 31.2 Å². The molecule has 0 radical (unpaired) electrons. The van der Waals surface area contributed by atoms with E-state index in [2.05, 4.69) is 9.97 Å². The summed E-state index contributed by atoms with van der Waals surface area (Å²) in [6, 6.07) is 2.04. The van der Waals surface area contributed by atoms with Gasteiger partial charge in [0.05, 0.1) is 13.2 Å². The third-order valence-corrected chi connectivity index (χ3v) is 2.10. The van der Waals surface area contributed by atoms with Crippen molar-refractivity contribution in [3.8, 4) is 6.07 Å². The minimum Gasteiger partial charge on any atom is -0.378 e. The summed E-state index contributed by atoms with van der Waals surface area (Å²) < 4.78 is 5.22. The molecule has 0 aromatic carbocycles. The molecule has 5 nitrogen and oxygen atoms in total. The summed E-state index contributed by atoms with van der Waals surface area (Å²) >= 11 is 0. The van der Waals surface area contributed by atoms with Crippen LogP contribution in [0.5, 0.6) is 0 Å². The summed E-state index contributed by atoms with van der Waals surface area (Å²) in [6.07, 6.45) is 3.13. The van der Waals surface area contributed by atoms with Gasteiger partial charge in [-0.1, -0.05) is 0 Å². The minimum absolute atomic E-state index is 0.384. The monoisotopic (exact) mass is 190 g/mol. The van der Waals surface area contributed by atoms with E-state index in [9.17, 15) is 0 Å². The number of nitrogens with zero attached hydrogens (tertiary/aromatic N) is 4. The molecule has 0 bridgehead atoms. The van der Waals surface area contributed by atoms with Crippen LogP contribution in [-0.2, 0) is 4.74 Å². The van der Waals surface area contributed by atoms with Gasteiger partial charge in [0.25, 0.3) is 0 Å². The molecule has 0 amide bonds. The lowest BCUT2D eigenvalue weighted by Gasteiger charge is -2.27. The second-order valence-corrected chi connectivity index (χ2v) is 2.94. The van der Waals surface area contributed by atoms with Crippen molar-refractivity contribution in [1.82, 2.24) is 9.97 Å². The predicted octanol–water partition coefficient (Wildman–Crippen LogP) is 0.185. The minimum atomic E-state index is 0.384. The van der Waals surface area contributed by atoms with Gasteiger partial charge in [-0.15, -0.1) is 0 Å². The Labute approximate surface area is 82.0 Å². The molecule has 0 saturated carbocycles. The molecule has 2 rings (SSSR count). The molecule has 1 aliphatic heterocycles. The zero-order valence-electron chi connectivity index (χ0n) is 7.68. The standard InChI is InChI=1S/C9H10N4O/c10-7-8-9(12-2-1-11-8)13-3-5-14-6-4-13/h1-2H,3-6H2. The predicted molar refractivity (Wildman–Crippen MR) is 49.8 cm³/mol. The lowest BCUT2D eigenvalue weighted by atomic mass is 10.3.